The summed E-state index contributed by atoms with van der Waals surface area (Å²) >= 11 is 1.30. The average Bonchev–Trinajstić information content (AvgIpc) is 2.99. The van der Waals surface area contributed by atoms with E-state index in [9.17, 15) is 4.79 Å². The second-order valence-electron chi connectivity index (χ2n) is 5.56. The summed E-state index contributed by atoms with van der Waals surface area (Å²) in [5.74, 6) is 1.50. The average molecular weight is 333 g/mol. The third-order valence-corrected chi connectivity index (χ3v) is 4.49. The summed E-state index contributed by atoms with van der Waals surface area (Å²) in [5.41, 5.74) is 8.25. The number of carbonyl (C=O) groups is 1. The molecule has 1 aliphatic heterocycles. The molecule has 0 bridgehead atoms. The highest BCUT2D eigenvalue weighted by molar-refractivity contribution is 7.99. The molecule has 122 valence electrons. The highest BCUT2D eigenvalue weighted by atomic mass is 32.2. The van der Waals surface area contributed by atoms with E-state index in [1.807, 2.05) is 6.20 Å². The van der Waals surface area contributed by atoms with E-state index in [2.05, 4.69) is 25.1 Å². The lowest BCUT2D eigenvalue weighted by molar-refractivity contribution is -0.125. The van der Waals surface area contributed by atoms with Gasteiger partial charge in [-0.15, -0.1) is 0 Å². The van der Waals surface area contributed by atoms with E-state index >= 15 is 0 Å². The summed E-state index contributed by atoms with van der Waals surface area (Å²) in [6.07, 6.45) is 2.73. The van der Waals surface area contributed by atoms with Gasteiger partial charge in [0.1, 0.15) is 11.6 Å². The lowest BCUT2D eigenvalue weighted by Crippen LogP contribution is -2.31. The van der Waals surface area contributed by atoms with Gasteiger partial charge in [-0.2, -0.15) is 5.10 Å². The first-order chi connectivity index (χ1) is 11.0. The number of nitrogens with zero attached hydrogens (tertiary/aromatic N) is 5. The monoisotopic (exact) mass is 333 g/mol. The number of aromatic nitrogens is 4. The topological polar surface area (TPSA) is 104 Å². The molecule has 0 aromatic carbocycles. The minimum atomic E-state index is 0.0172. The minimum Gasteiger partial charge on any atom is -0.383 e. The van der Waals surface area contributed by atoms with E-state index in [0.29, 0.717) is 16.7 Å². The Labute approximate surface area is 138 Å². The number of hydrogen-bond donors (Lipinski definition) is 2. The summed E-state index contributed by atoms with van der Waals surface area (Å²) in [5, 5.41) is 7.61. The van der Waals surface area contributed by atoms with Gasteiger partial charge in [0.15, 0.2) is 5.16 Å². The van der Waals surface area contributed by atoms with Gasteiger partial charge in [0.2, 0.25) is 5.91 Å². The standard InChI is InChI=1S/C14H19N7OS/c1-20(2)13(22)8-23-14-17-11(15)5-12(18-14)21-4-3-10-9(7-21)6-16-19-10/h5-6H,3-4,7-8H2,1-2H3,(H,16,19)(H2,15,17,18). The van der Waals surface area contributed by atoms with Crippen molar-refractivity contribution in [3.63, 3.8) is 0 Å². The molecule has 0 fully saturated rings. The highest BCUT2D eigenvalue weighted by Crippen LogP contribution is 2.25. The van der Waals surface area contributed by atoms with Gasteiger partial charge in [0.25, 0.3) is 0 Å². The van der Waals surface area contributed by atoms with Crippen LogP contribution in [0, 0.1) is 0 Å². The van der Waals surface area contributed by atoms with Gasteiger partial charge < -0.3 is 15.5 Å². The molecule has 8 nitrogen and oxygen atoms in total. The Morgan fingerprint density at radius 3 is 3.09 bits per heavy atom. The molecule has 1 amide bonds. The van der Waals surface area contributed by atoms with Crippen molar-refractivity contribution in [3.8, 4) is 0 Å². The summed E-state index contributed by atoms with van der Waals surface area (Å²) in [6, 6.07) is 1.77. The molecule has 0 atom stereocenters. The van der Waals surface area contributed by atoms with Crippen molar-refractivity contribution in [2.24, 2.45) is 0 Å². The smallest absolute Gasteiger partial charge is 0.232 e. The van der Waals surface area contributed by atoms with Gasteiger partial charge in [0, 0.05) is 50.9 Å². The van der Waals surface area contributed by atoms with Crippen LogP contribution in [0.25, 0.3) is 0 Å². The summed E-state index contributed by atoms with van der Waals surface area (Å²) in [4.78, 5) is 24.1. The van der Waals surface area contributed by atoms with Crippen molar-refractivity contribution < 1.29 is 4.79 Å². The van der Waals surface area contributed by atoms with Crippen LogP contribution >= 0.6 is 11.8 Å². The summed E-state index contributed by atoms with van der Waals surface area (Å²) in [6.45, 7) is 1.58. The Morgan fingerprint density at radius 1 is 1.48 bits per heavy atom. The number of H-pyrrole nitrogens is 1. The van der Waals surface area contributed by atoms with Crippen LogP contribution < -0.4 is 10.6 Å². The number of nitrogens with one attached hydrogen (secondary N) is 1. The predicted octanol–water partition coefficient (Wildman–Crippen LogP) is 0.525. The van der Waals surface area contributed by atoms with E-state index in [-0.39, 0.29) is 5.91 Å². The maximum Gasteiger partial charge on any atom is 0.232 e. The van der Waals surface area contributed by atoms with Crippen molar-refractivity contribution in [2.75, 3.05) is 37.0 Å². The van der Waals surface area contributed by atoms with Crippen molar-refractivity contribution in [1.82, 2.24) is 25.1 Å². The van der Waals surface area contributed by atoms with E-state index in [0.717, 1.165) is 25.3 Å². The van der Waals surface area contributed by atoms with E-state index in [1.54, 1.807) is 25.1 Å². The Kier molecular flexibility index (Phi) is 4.37. The van der Waals surface area contributed by atoms with Crippen LogP contribution in [-0.2, 0) is 17.8 Å². The second-order valence-corrected chi connectivity index (χ2v) is 6.50. The number of hydrogen-bond acceptors (Lipinski definition) is 7. The fourth-order valence-corrected chi connectivity index (χ4v) is 3.17. The van der Waals surface area contributed by atoms with Crippen molar-refractivity contribution in [1.29, 1.82) is 0 Å². The molecule has 3 heterocycles. The number of aromatic amines is 1. The number of anilines is 2. The lowest BCUT2D eigenvalue weighted by Gasteiger charge is -2.27. The summed E-state index contributed by atoms with van der Waals surface area (Å²) in [7, 11) is 3.45. The third kappa shape index (κ3) is 3.55. The number of nitrogen functional groups attached to an aromatic ring is 1. The summed E-state index contributed by atoms with van der Waals surface area (Å²) < 4.78 is 0. The van der Waals surface area contributed by atoms with Crippen LogP contribution in [0.4, 0.5) is 11.6 Å². The van der Waals surface area contributed by atoms with Gasteiger partial charge in [-0.05, 0) is 0 Å². The fraction of sp³-hybridized carbons (Fsp3) is 0.429. The maximum atomic E-state index is 11.7. The highest BCUT2D eigenvalue weighted by Gasteiger charge is 2.20. The lowest BCUT2D eigenvalue weighted by atomic mass is 10.1. The van der Waals surface area contributed by atoms with Crippen molar-refractivity contribution in [3.05, 3.63) is 23.5 Å². The molecular weight excluding hydrogens is 314 g/mol. The Bertz CT molecular complexity index is 715. The number of amides is 1. The van der Waals surface area contributed by atoms with E-state index in [4.69, 9.17) is 5.73 Å². The first-order valence-corrected chi connectivity index (χ1v) is 8.25. The molecule has 0 saturated carbocycles. The second kappa shape index (κ2) is 6.45. The van der Waals surface area contributed by atoms with Gasteiger partial charge in [-0.3, -0.25) is 9.89 Å². The van der Waals surface area contributed by atoms with Gasteiger partial charge in [-0.1, -0.05) is 11.8 Å². The number of rotatable bonds is 4. The fourth-order valence-electron chi connectivity index (χ4n) is 2.33. The minimum absolute atomic E-state index is 0.0172. The largest absolute Gasteiger partial charge is 0.383 e. The van der Waals surface area contributed by atoms with Gasteiger partial charge >= 0.3 is 0 Å². The van der Waals surface area contributed by atoms with Gasteiger partial charge in [0.05, 0.1) is 11.9 Å². The van der Waals surface area contributed by atoms with Gasteiger partial charge in [-0.25, -0.2) is 9.97 Å². The molecule has 2 aromatic rings. The molecule has 9 heteroatoms. The van der Waals surface area contributed by atoms with Crippen LogP contribution in [0.5, 0.6) is 0 Å². The first-order valence-electron chi connectivity index (χ1n) is 7.26. The van der Waals surface area contributed by atoms with Crippen LogP contribution in [-0.4, -0.2) is 57.4 Å². The molecule has 0 aliphatic carbocycles. The zero-order valence-corrected chi connectivity index (χ0v) is 13.9. The third-order valence-electron chi connectivity index (χ3n) is 3.66. The normalized spacial score (nSPS) is 13.7. The Hall–Kier alpha value is -2.29. The van der Waals surface area contributed by atoms with Crippen LogP contribution in [0.15, 0.2) is 17.4 Å². The molecule has 0 unspecified atom stereocenters. The SMILES string of the molecule is CN(C)C(=O)CSc1nc(N)cc(N2CCc3[nH]ncc3C2)n1. The number of fused-ring (bicyclic) bond motifs is 1. The zero-order valence-electron chi connectivity index (χ0n) is 13.1. The molecule has 2 aromatic heterocycles. The Morgan fingerprint density at radius 2 is 2.30 bits per heavy atom. The number of thioether (sulfide) groups is 1. The van der Waals surface area contributed by atoms with E-state index in [1.165, 1.54) is 23.0 Å². The van der Waals surface area contributed by atoms with Crippen LogP contribution in [0.3, 0.4) is 0 Å². The zero-order chi connectivity index (χ0) is 16.4. The van der Waals surface area contributed by atoms with Crippen molar-refractivity contribution >= 4 is 29.3 Å². The Balaban J connectivity index is 1.74. The number of nitrogens with two attached hydrogens (primary N) is 1. The maximum absolute atomic E-state index is 11.7. The molecule has 0 saturated heterocycles. The molecule has 0 spiro atoms. The van der Waals surface area contributed by atoms with Crippen molar-refractivity contribution in [2.45, 2.75) is 18.1 Å². The molecule has 23 heavy (non-hydrogen) atoms. The first kappa shape index (κ1) is 15.6. The van der Waals surface area contributed by atoms with Crippen LogP contribution in [0.1, 0.15) is 11.3 Å². The predicted molar refractivity (Wildman–Crippen MR) is 89.2 cm³/mol. The molecule has 3 rings (SSSR count). The molecule has 0 radical (unpaired) electrons. The quantitative estimate of drug-likeness (QED) is 0.621. The molecule has 3 N–H and O–H groups in total. The van der Waals surface area contributed by atoms with E-state index < -0.39 is 0 Å². The molecular formula is C14H19N7OS. The molecule has 1 aliphatic rings. The number of carbonyl (C=O) groups excluding carboxylic acids is 1. The van der Waals surface area contributed by atoms with Crippen LogP contribution in [0.2, 0.25) is 0 Å².